The van der Waals surface area contributed by atoms with Crippen LogP contribution in [0, 0.1) is 5.92 Å². The first-order chi connectivity index (χ1) is 12.0. The van der Waals surface area contributed by atoms with Crippen molar-refractivity contribution in [3.05, 3.63) is 34.7 Å². The normalized spacial score (nSPS) is 27.8. The Hall–Kier alpha value is -1.95. The lowest BCUT2D eigenvalue weighted by molar-refractivity contribution is -0.148. The topological polar surface area (TPSA) is 55.8 Å². The predicted molar refractivity (Wildman–Crippen MR) is 98.3 cm³/mol. The Labute approximate surface area is 152 Å². The number of nitrogens with zero attached hydrogens (tertiary/aromatic N) is 1. The first-order valence-electron chi connectivity index (χ1n) is 8.41. The quantitative estimate of drug-likeness (QED) is 0.612. The number of rotatable bonds is 3. The summed E-state index contributed by atoms with van der Waals surface area (Å²) in [5.41, 5.74) is 0.899. The first kappa shape index (κ1) is 17.9. The Morgan fingerprint density at radius 3 is 2.76 bits per heavy atom. The third kappa shape index (κ3) is 3.54. The zero-order valence-corrected chi connectivity index (χ0v) is 15.5. The van der Waals surface area contributed by atoms with E-state index in [0.717, 1.165) is 29.1 Å². The molecule has 1 aliphatic carbocycles. The fraction of sp³-hybridized carbons (Fsp3) is 0.474. The van der Waals surface area contributed by atoms with Gasteiger partial charge in [0.2, 0.25) is 0 Å². The molecule has 2 fully saturated rings. The van der Waals surface area contributed by atoms with Crippen molar-refractivity contribution in [2.24, 2.45) is 5.92 Å². The van der Waals surface area contributed by atoms with Crippen LogP contribution in [0.1, 0.15) is 24.8 Å². The van der Waals surface area contributed by atoms with Gasteiger partial charge >= 0.3 is 5.97 Å². The molecule has 1 aromatic rings. The molecule has 0 N–H and O–H groups in total. The highest BCUT2D eigenvalue weighted by Crippen LogP contribution is 2.43. The molecule has 1 saturated carbocycles. The number of methoxy groups -OCH3 is 2. The maximum absolute atomic E-state index is 12.8. The van der Waals surface area contributed by atoms with Crippen molar-refractivity contribution in [1.82, 2.24) is 4.90 Å². The van der Waals surface area contributed by atoms with Gasteiger partial charge in [0, 0.05) is 23.9 Å². The molecule has 3 rings (SSSR count). The smallest absolute Gasteiger partial charge is 0.308 e. The van der Waals surface area contributed by atoms with E-state index in [2.05, 4.69) is 0 Å². The summed E-state index contributed by atoms with van der Waals surface area (Å²) in [5, 5.41) is 0.310. The molecule has 6 heteroatoms. The van der Waals surface area contributed by atoms with Crippen LogP contribution in [0.5, 0.6) is 5.75 Å². The van der Waals surface area contributed by atoms with Crippen LogP contribution in [0.3, 0.4) is 0 Å². The van der Waals surface area contributed by atoms with Gasteiger partial charge in [-0.15, -0.1) is 11.8 Å². The SMILES string of the molecule is COC(=O)C1CCC2S/C(=C\c3ccccc3OC)C(=O)N(C)C2C1. The minimum atomic E-state index is -0.167. The number of likely N-dealkylation sites (N-methyl/N-ethyl adjacent to an activating group) is 1. The molecular formula is C19H23NO4S. The van der Waals surface area contributed by atoms with Gasteiger partial charge in [-0.3, -0.25) is 9.59 Å². The summed E-state index contributed by atoms with van der Waals surface area (Å²) >= 11 is 1.62. The number of para-hydroxylation sites is 1. The van der Waals surface area contributed by atoms with E-state index in [1.807, 2.05) is 37.4 Å². The van der Waals surface area contributed by atoms with Crippen molar-refractivity contribution >= 4 is 29.7 Å². The highest BCUT2D eigenvalue weighted by atomic mass is 32.2. The standard InChI is InChI=1S/C19H23NO4S/c1-20-14-10-13(19(22)24-3)8-9-16(14)25-17(18(20)21)11-12-6-4-5-7-15(12)23-2/h4-7,11,13-14,16H,8-10H2,1-3H3/b17-11-. The van der Waals surface area contributed by atoms with Crippen molar-refractivity contribution < 1.29 is 19.1 Å². The Bertz CT molecular complexity index is 702. The number of benzene rings is 1. The second-order valence-electron chi connectivity index (χ2n) is 6.42. The summed E-state index contributed by atoms with van der Waals surface area (Å²) < 4.78 is 10.3. The third-order valence-corrected chi connectivity index (χ3v) is 6.42. The van der Waals surface area contributed by atoms with E-state index in [-0.39, 0.29) is 23.8 Å². The van der Waals surface area contributed by atoms with E-state index >= 15 is 0 Å². The average molecular weight is 361 g/mol. The number of hydrogen-bond acceptors (Lipinski definition) is 5. The number of ether oxygens (including phenoxy) is 2. The molecule has 134 valence electrons. The molecule has 0 radical (unpaired) electrons. The van der Waals surface area contributed by atoms with E-state index in [0.29, 0.717) is 11.7 Å². The van der Waals surface area contributed by atoms with Crippen LogP contribution in [0.25, 0.3) is 6.08 Å². The molecule has 1 saturated heterocycles. The van der Waals surface area contributed by atoms with Crippen molar-refractivity contribution in [1.29, 1.82) is 0 Å². The molecule has 0 bridgehead atoms. The molecule has 3 unspecified atom stereocenters. The number of fused-ring (bicyclic) bond motifs is 1. The lowest BCUT2D eigenvalue weighted by Gasteiger charge is -2.44. The molecule has 1 heterocycles. The van der Waals surface area contributed by atoms with Crippen molar-refractivity contribution in [2.45, 2.75) is 30.6 Å². The van der Waals surface area contributed by atoms with E-state index in [1.54, 1.807) is 23.8 Å². The van der Waals surface area contributed by atoms with Crippen LogP contribution < -0.4 is 4.74 Å². The van der Waals surface area contributed by atoms with Gasteiger partial charge in [0.05, 0.1) is 25.0 Å². The molecule has 1 aliphatic heterocycles. The molecule has 1 amide bonds. The van der Waals surface area contributed by atoms with Gasteiger partial charge < -0.3 is 14.4 Å². The molecule has 0 aromatic heterocycles. The summed E-state index contributed by atoms with van der Waals surface area (Å²) in [4.78, 5) is 27.2. The van der Waals surface area contributed by atoms with Gasteiger partial charge in [-0.1, -0.05) is 18.2 Å². The van der Waals surface area contributed by atoms with E-state index in [9.17, 15) is 9.59 Å². The summed E-state index contributed by atoms with van der Waals surface area (Å²) in [6, 6.07) is 7.75. The zero-order valence-electron chi connectivity index (χ0n) is 14.7. The van der Waals surface area contributed by atoms with Crippen molar-refractivity contribution in [2.75, 3.05) is 21.3 Å². The average Bonchev–Trinajstić information content (AvgIpc) is 2.65. The number of hydrogen-bond donors (Lipinski definition) is 0. The highest BCUT2D eigenvalue weighted by Gasteiger charge is 2.43. The lowest BCUT2D eigenvalue weighted by Crippen LogP contribution is -2.51. The third-order valence-electron chi connectivity index (χ3n) is 5.02. The van der Waals surface area contributed by atoms with Crippen LogP contribution in [0.15, 0.2) is 29.2 Å². The maximum atomic E-state index is 12.8. The molecule has 2 aliphatic rings. The summed E-state index contributed by atoms with van der Waals surface area (Å²) in [6.07, 6.45) is 4.29. The van der Waals surface area contributed by atoms with Gasteiger partial charge in [-0.2, -0.15) is 0 Å². The van der Waals surface area contributed by atoms with Crippen LogP contribution >= 0.6 is 11.8 Å². The van der Waals surface area contributed by atoms with Gasteiger partial charge in [-0.25, -0.2) is 0 Å². The van der Waals surface area contributed by atoms with E-state index in [1.165, 1.54) is 7.11 Å². The fourth-order valence-corrected chi connectivity index (χ4v) is 5.08. The largest absolute Gasteiger partial charge is 0.496 e. The monoisotopic (exact) mass is 361 g/mol. The number of esters is 1. The van der Waals surface area contributed by atoms with Gasteiger partial charge in [0.15, 0.2) is 0 Å². The van der Waals surface area contributed by atoms with E-state index < -0.39 is 0 Å². The van der Waals surface area contributed by atoms with Crippen molar-refractivity contribution in [3.63, 3.8) is 0 Å². The number of thioether (sulfide) groups is 1. The number of amides is 1. The van der Waals surface area contributed by atoms with Gasteiger partial charge in [0.25, 0.3) is 5.91 Å². The van der Waals surface area contributed by atoms with Crippen molar-refractivity contribution in [3.8, 4) is 5.75 Å². The minimum absolute atomic E-state index is 0.00247. The number of carbonyl (C=O) groups excluding carboxylic acids is 2. The maximum Gasteiger partial charge on any atom is 0.308 e. The second-order valence-corrected chi connectivity index (χ2v) is 7.70. The Morgan fingerprint density at radius 2 is 2.04 bits per heavy atom. The predicted octanol–water partition coefficient (Wildman–Crippen LogP) is 2.95. The fourth-order valence-electron chi connectivity index (χ4n) is 3.61. The molecule has 0 spiro atoms. The minimum Gasteiger partial charge on any atom is -0.496 e. The summed E-state index contributed by atoms with van der Waals surface area (Å²) in [5.74, 6) is 0.478. The highest BCUT2D eigenvalue weighted by molar-refractivity contribution is 8.04. The first-order valence-corrected chi connectivity index (χ1v) is 9.29. The van der Waals surface area contributed by atoms with Gasteiger partial charge in [0.1, 0.15) is 5.75 Å². The molecule has 3 atom stereocenters. The molecule has 5 nitrogen and oxygen atoms in total. The van der Waals surface area contributed by atoms with Gasteiger partial charge in [-0.05, 0) is 31.4 Å². The Balaban J connectivity index is 1.82. The van der Waals surface area contributed by atoms with Crippen LogP contribution in [0.2, 0.25) is 0 Å². The summed E-state index contributed by atoms with van der Waals surface area (Å²) in [7, 11) is 4.88. The molecule has 25 heavy (non-hydrogen) atoms. The lowest BCUT2D eigenvalue weighted by atomic mass is 9.84. The molecule has 1 aromatic carbocycles. The number of carbonyl (C=O) groups is 2. The van der Waals surface area contributed by atoms with Crippen LogP contribution in [-0.2, 0) is 14.3 Å². The van der Waals surface area contributed by atoms with E-state index in [4.69, 9.17) is 9.47 Å². The zero-order chi connectivity index (χ0) is 18.0. The second kappa shape index (κ2) is 7.52. The van der Waals surface area contributed by atoms with Crippen LogP contribution in [-0.4, -0.2) is 49.3 Å². The van der Waals surface area contributed by atoms with Crippen LogP contribution in [0.4, 0.5) is 0 Å². The Morgan fingerprint density at radius 1 is 1.28 bits per heavy atom. The Kier molecular flexibility index (Phi) is 5.37. The summed E-state index contributed by atoms with van der Waals surface area (Å²) in [6.45, 7) is 0. The molecular weight excluding hydrogens is 338 g/mol.